The second kappa shape index (κ2) is 7.68. The molecule has 0 atom stereocenters. The summed E-state index contributed by atoms with van der Waals surface area (Å²) < 4.78 is 26.7. The van der Waals surface area contributed by atoms with Crippen molar-refractivity contribution in [2.75, 3.05) is 36.8 Å². The predicted octanol–water partition coefficient (Wildman–Crippen LogP) is 2.25. The third kappa shape index (κ3) is 4.38. The minimum absolute atomic E-state index is 0.140. The molecule has 5 nitrogen and oxygen atoms in total. The van der Waals surface area contributed by atoms with E-state index in [4.69, 9.17) is 5.26 Å². The third-order valence-electron chi connectivity index (χ3n) is 4.46. The first kappa shape index (κ1) is 17.5. The Morgan fingerprint density at radius 1 is 0.960 bits per heavy atom. The number of hydrogen-bond donors (Lipinski definition) is 0. The molecule has 25 heavy (non-hydrogen) atoms. The van der Waals surface area contributed by atoms with Gasteiger partial charge in [-0.05, 0) is 30.2 Å². The molecule has 0 aliphatic carbocycles. The van der Waals surface area contributed by atoms with Gasteiger partial charge in [-0.2, -0.15) is 9.57 Å². The predicted molar refractivity (Wildman–Crippen MR) is 98.9 cm³/mol. The third-order valence-corrected chi connectivity index (χ3v) is 6.34. The number of anilines is 1. The topological polar surface area (TPSA) is 64.4 Å². The van der Waals surface area contributed by atoms with E-state index in [2.05, 4.69) is 11.0 Å². The molecule has 2 aromatic carbocycles. The molecule has 130 valence electrons. The fraction of sp³-hybridized carbons (Fsp3) is 0.316. The van der Waals surface area contributed by atoms with Crippen LogP contribution in [0.25, 0.3) is 0 Å². The monoisotopic (exact) mass is 355 g/mol. The van der Waals surface area contributed by atoms with Gasteiger partial charge in [-0.15, -0.1) is 0 Å². The molecule has 1 heterocycles. The number of hydrogen-bond acceptors (Lipinski definition) is 4. The molecule has 0 aromatic heterocycles. The number of rotatable bonds is 5. The molecule has 1 aliphatic heterocycles. The van der Waals surface area contributed by atoms with Gasteiger partial charge in [-0.1, -0.05) is 36.4 Å². The Labute approximate surface area is 149 Å². The zero-order valence-corrected chi connectivity index (χ0v) is 14.8. The van der Waals surface area contributed by atoms with Gasteiger partial charge in [0.25, 0.3) is 0 Å². The molecule has 1 aliphatic rings. The fourth-order valence-electron chi connectivity index (χ4n) is 3.02. The molecule has 0 N–H and O–H groups in total. The number of nitrogens with zero attached hydrogens (tertiary/aromatic N) is 3. The van der Waals surface area contributed by atoms with Crippen molar-refractivity contribution < 1.29 is 8.42 Å². The largest absolute Gasteiger partial charge is 0.369 e. The molecule has 6 heteroatoms. The summed E-state index contributed by atoms with van der Waals surface area (Å²) in [5, 5.41) is 9.01. The lowest BCUT2D eigenvalue weighted by Crippen LogP contribution is -2.49. The van der Waals surface area contributed by atoms with Gasteiger partial charge in [0, 0.05) is 31.9 Å². The molecule has 0 radical (unpaired) electrons. The van der Waals surface area contributed by atoms with Crippen LogP contribution in [-0.2, 0) is 16.4 Å². The van der Waals surface area contributed by atoms with Crippen LogP contribution in [0.15, 0.2) is 54.6 Å². The van der Waals surface area contributed by atoms with Crippen LogP contribution in [0.1, 0.15) is 11.1 Å². The van der Waals surface area contributed by atoms with E-state index in [1.165, 1.54) is 0 Å². The Morgan fingerprint density at radius 2 is 1.68 bits per heavy atom. The van der Waals surface area contributed by atoms with Crippen molar-refractivity contribution in [1.29, 1.82) is 5.26 Å². The van der Waals surface area contributed by atoms with Gasteiger partial charge in [0.1, 0.15) is 0 Å². The molecule has 2 aromatic rings. The van der Waals surface area contributed by atoms with Crippen molar-refractivity contribution >= 4 is 15.7 Å². The summed E-state index contributed by atoms with van der Waals surface area (Å²) in [4.78, 5) is 2.13. The van der Waals surface area contributed by atoms with Gasteiger partial charge in [-0.25, -0.2) is 8.42 Å². The zero-order valence-electron chi connectivity index (χ0n) is 14.0. The van der Waals surface area contributed by atoms with E-state index in [1.807, 2.05) is 48.5 Å². The number of piperazine rings is 1. The van der Waals surface area contributed by atoms with Crippen LogP contribution in [0.4, 0.5) is 5.69 Å². The Hall–Kier alpha value is -2.36. The Bertz CT molecular complexity index is 852. The minimum Gasteiger partial charge on any atom is -0.369 e. The summed E-state index contributed by atoms with van der Waals surface area (Å²) in [6.07, 6.45) is 0.535. The molecule has 0 amide bonds. The normalized spacial score (nSPS) is 15.7. The lowest BCUT2D eigenvalue weighted by Gasteiger charge is -2.35. The smallest absolute Gasteiger partial charge is 0.214 e. The van der Waals surface area contributed by atoms with Gasteiger partial charge in [0.2, 0.25) is 10.0 Å². The summed E-state index contributed by atoms with van der Waals surface area (Å²) in [5.41, 5.74) is 2.63. The van der Waals surface area contributed by atoms with E-state index in [9.17, 15) is 8.42 Å². The van der Waals surface area contributed by atoms with Crippen molar-refractivity contribution in [3.05, 3.63) is 65.7 Å². The Kier molecular flexibility index (Phi) is 5.37. The van der Waals surface area contributed by atoms with Crippen LogP contribution in [0.5, 0.6) is 0 Å². The van der Waals surface area contributed by atoms with Crippen molar-refractivity contribution in [1.82, 2.24) is 4.31 Å². The molecular formula is C19H21N3O2S. The van der Waals surface area contributed by atoms with Crippen LogP contribution >= 0.6 is 0 Å². The lowest BCUT2D eigenvalue weighted by molar-refractivity contribution is 0.385. The standard InChI is InChI=1S/C19H21N3O2S/c20-16-18-7-4-8-19(15-18)21-10-12-22(13-11-21)25(23,24)14-9-17-5-2-1-3-6-17/h1-8,15H,9-14H2. The zero-order chi connectivity index (χ0) is 17.7. The van der Waals surface area contributed by atoms with E-state index in [0.717, 1.165) is 11.3 Å². The van der Waals surface area contributed by atoms with Crippen molar-refractivity contribution in [2.45, 2.75) is 6.42 Å². The highest BCUT2D eigenvalue weighted by Crippen LogP contribution is 2.19. The van der Waals surface area contributed by atoms with E-state index in [0.29, 0.717) is 38.2 Å². The average molecular weight is 355 g/mol. The molecule has 1 fully saturated rings. The second-order valence-corrected chi connectivity index (χ2v) is 8.19. The highest BCUT2D eigenvalue weighted by Gasteiger charge is 2.26. The van der Waals surface area contributed by atoms with Gasteiger partial charge in [0.15, 0.2) is 0 Å². The Morgan fingerprint density at radius 3 is 2.36 bits per heavy atom. The molecule has 0 unspecified atom stereocenters. The highest BCUT2D eigenvalue weighted by molar-refractivity contribution is 7.89. The first-order valence-electron chi connectivity index (χ1n) is 8.35. The maximum atomic E-state index is 12.6. The van der Waals surface area contributed by atoms with Crippen LogP contribution in [0.2, 0.25) is 0 Å². The van der Waals surface area contributed by atoms with Gasteiger partial charge >= 0.3 is 0 Å². The number of benzene rings is 2. The summed E-state index contributed by atoms with van der Waals surface area (Å²) >= 11 is 0. The maximum Gasteiger partial charge on any atom is 0.214 e. The molecule has 0 spiro atoms. The van der Waals surface area contributed by atoms with Gasteiger partial charge in [0.05, 0.1) is 17.4 Å². The molecule has 0 saturated carbocycles. The summed E-state index contributed by atoms with van der Waals surface area (Å²) in [6.45, 7) is 2.24. The quantitative estimate of drug-likeness (QED) is 0.825. The van der Waals surface area contributed by atoms with Crippen LogP contribution in [0.3, 0.4) is 0 Å². The van der Waals surface area contributed by atoms with Crippen molar-refractivity contribution in [3.63, 3.8) is 0 Å². The van der Waals surface area contributed by atoms with Crippen LogP contribution < -0.4 is 4.90 Å². The molecular weight excluding hydrogens is 334 g/mol. The van der Waals surface area contributed by atoms with Crippen molar-refractivity contribution in [3.8, 4) is 6.07 Å². The number of aryl methyl sites for hydroxylation is 1. The van der Waals surface area contributed by atoms with Gasteiger partial charge in [-0.3, -0.25) is 0 Å². The number of nitriles is 1. The first-order chi connectivity index (χ1) is 12.1. The fourth-order valence-corrected chi connectivity index (χ4v) is 4.49. The van der Waals surface area contributed by atoms with E-state index < -0.39 is 10.0 Å². The minimum atomic E-state index is -3.25. The molecule has 3 rings (SSSR count). The summed E-state index contributed by atoms with van der Waals surface area (Å²) in [6, 6.07) is 19.3. The number of sulfonamides is 1. The maximum absolute atomic E-state index is 12.6. The summed E-state index contributed by atoms with van der Waals surface area (Å²) in [5.74, 6) is 0.140. The van der Waals surface area contributed by atoms with E-state index in [1.54, 1.807) is 10.4 Å². The first-order valence-corrected chi connectivity index (χ1v) is 9.96. The van der Waals surface area contributed by atoms with Gasteiger partial charge < -0.3 is 4.90 Å². The lowest BCUT2D eigenvalue weighted by atomic mass is 10.2. The van der Waals surface area contributed by atoms with E-state index >= 15 is 0 Å². The Balaban J connectivity index is 1.58. The van der Waals surface area contributed by atoms with Crippen molar-refractivity contribution in [2.24, 2.45) is 0 Å². The molecule has 1 saturated heterocycles. The SMILES string of the molecule is N#Cc1cccc(N2CCN(S(=O)(=O)CCc3ccccc3)CC2)c1. The van der Waals surface area contributed by atoms with E-state index in [-0.39, 0.29) is 5.75 Å². The second-order valence-electron chi connectivity index (χ2n) is 6.10. The summed E-state index contributed by atoms with van der Waals surface area (Å²) in [7, 11) is -3.25. The average Bonchev–Trinajstić information content (AvgIpc) is 2.67. The van der Waals surface area contributed by atoms with Crippen LogP contribution in [0, 0.1) is 11.3 Å². The molecule has 0 bridgehead atoms. The highest BCUT2D eigenvalue weighted by atomic mass is 32.2. The van der Waals surface area contributed by atoms with Crippen LogP contribution in [-0.4, -0.2) is 44.7 Å².